The zero-order chi connectivity index (χ0) is 14.6. The van der Waals surface area contributed by atoms with Crippen LogP contribution in [0.2, 0.25) is 0 Å². The lowest BCUT2D eigenvalue weighted by atomic mass is 10.2. The average molecular weight is 288 g/mol. The predicted octanol–water partition coefficient (Wildman–Crippen LogP) is 1.80. The Balaban J connectivity index is 2.33. The maximum Gasteiger partial charge on any atom is 0.262 e. The van der Waals surface area contributed by atoms with Crippen molar-refractivity contribution in [2.75, 3.05) is 17.1 Å². The van der Waals surface area contributed by atoms with E-state index in [2.05, 4.69) is 15.0 Å². The van der Waals surface area contributed by atoms with Crippen LogP contribution in [0.5, 0.6) is 0 Å². The summed E-state index contributed by atoms with van der Waals surface area (Å²) in [6.07, 6.45) is 1.41. The lowest BCUT2D eigenvalue weighted by Crippen LogP contribution is -2.13. The molecule has 1 aromatic carbocycles. The van der Waals surface area contributed by atoms with Crippen LogP contribution in [-0.2, 0) is 10.0 Å². The molecule has 1 aromatic heterocycles. The quantitative estimate of drug-likeness (QED) is 0.894. The van der Waals surface area contributed by atoms with Gasteiger partial charge in [-0.2, -0.15) is 5.26 Å². The number of nitriles is 1. The summed E-state index contributed by atoms with van der Waals surface area (Å²) < 4.78 is 26.9. The minimum atomic E-state index is -3.71. The minimum absolute atomic E-state index is 0.0965. The van der Waals surface area contributed by atoms with Crippen LogP contribution >= 0.6 is 0 Å². The summed E-state index contributed by atoms with van der Waals surface area (Å²) in [5.74, 6) is 0.457. The Labute approximate surface area is 117 Å². The monoisotopic (exact) mass is 288 g/mol. The third-order valence-electron chi connectivity index (χ3n) is 2.54. The van der Waals surface area contributed by atoms with Gasteiger partial charge in [-0.05, 0) is 24.3 Å². The number of hydrogen-bond acceptors (Lipinski definition) is 5. The molecule has 2 N–H and O–H groups in total. The summed E-state index contributed by atoms with van der Waals surface area (Å²) >= 11 is 0. The van der Waals surface area contributed by atoms with Crippen LogP contribution in [-0.4, -0.2) is 20.4 Å². The molecule has 2 aromatic rings. The van der Waals surface area contributed by atoms with Crippen molar-refractivity contribution in [2.45, 2.75) is 4.90 Å². The lowest BCUT2D eigenvalue weighted by molar-refractivity contribution is 0.601. The second kappa shape index (κ2) is 5.59. The molecule has 102 valence electrons. The highest BCUT2D eigenvalue weighted by Gasteiger charge is 2.15. The van der Waals surface area contributed by atoms with Crippen molar-refractivity contribution in [1.29, 1.82) is 5.26 Å². The Hall–Kier alpha value is -2.59. The molecule has 0 amide bonds. The number of hydrogen-bond donors (Lipinski definition) is 2. The second-order valence-corrected chi connectivity index (χ2v) is 5.61. The first-order valence-electron chi connectivity index (χ1n) is 5.72. The van der Waals surface area contributed by atoms with Crippen molar-refractivity contribution in [3.63, 3.8) is 0 Å². The molecule has 1 heterocycles. The molecule has 0 saturated carbocycles. The molecule has 0 aliphatic carbocycles. The number of nitrogens with one attached hydrogen (secondary N) is 2. The predicted molar refractivity (Wildman–Crippen MR) is 75.7 cm³/mol. The first-order valence-corrected chi connectivity index (χ1v) is 7.20. The molecule has 6 nitrogen and oxygen atoms in total. The number of pyridine rings is 1. The fraction of sp³-hybridized carbons (Fsp3) is 0.0769. The molecule has 0 radical (unpaired) electrons. The standard InChI is InChI=1S/C13H12N4O2S/c1-15-13-8-12(5-6-16-13)20(18,19)17-11-4-2-3-10(7-11)9-14/h2-8,17H,1H3,(H,15,16). The molecule has 0 atom stereocenters. The normalized spacial score (nSPS) is 10.6. The fourth-order valence-electron chi connectivity index (χ4n) is 1.58. The Morgan fingerprint density at radius 1 is 1.25 bits per heavy atom. The van der Waals surface area contributed by atoms with Gasteiger partial charge in [-0.3, -0.25) is 4.72 Å². The summed E-state index contributed by atoms with van der Waals surface area (Å²) in [6.45, 7) is 0. The van der Waals surface area contributed by atoms with Gasteiger partial charge in [0.15, 0.2) is 0 Å². The van der Waals surface area contributed by atoms with Gasteiger partial charge in [0.1, 0.15) is 5.82 Å². The van der Waals surface area contributed by atoms with Crippen LogP contribution in [0.4, 0.5) is 11.5 Å². The molecule has 0 aliphatic heterocycles. The van der Waals surface area contributed by atoms with E-state index in [0.717, 1.165) is 0 Å². The first-order chi connectivity index (χ1) is 9.55. The van der Waals surface area contributed by atoms with Crippen molar-refractivity contribution in [2.24, 2.45) is 0 Å². The zero-order valence-corrected chi connectivity index (χ0v) is 11.5. The van der Waals surface area contributed by atoms with Crippen LogP contribution in [0, 0.1) is 11.3 Å². The lowest BCUT2D eigenvalue weighted by Gasteiger charge is -2.09. The molecule has 0 bridgehead atoms. The van der Waals surface area contributed by atoms with E-state index in [1.54, 1.807) is 25.2 Å². The van der Waals surface area contributed by atoms with Gasteiger partial charge in [-0.1, -0.05) is 6.07 Å². The van der Waals surface area contributed by atoms with E-state index in [9.17, 15) is 8.42 Å². The molecule has 7 heteroatoms. The topological polar surface area (TPSA) is 94.9 Å². The molecule has 2 rings (SSSR count). The van der Waals surface area contributed by atoms with E-state index in [4.69, 9.17) is 5.26 Å². The SMILES string of the molecule is CNc1cc(S(=O)(=O)Nc2cccc(C#N)c2)ccn1. The maximum absolute atomic E-state index is 12.2. The molecular weight excluding hydrogens is 276 g/mol. The zero-order valence-electron chi connectivity index (χ0n) is 10.7. The van der Waals surface area contributed by atoms with E-state index in [1.165, 1.54) is 24.4 Å². The van der Waals surface area contributed by atoms with Crippen molar-refractivity contribution in [3.05, 3.63) is 48.2 Å². The molecule has 0 fully saturated rings. The van der Waals surface area contributed by atoms with Gasteiger partial charge in [-0.25, -0.2) is 13.4 Å². The second-order valence-electron chi connectivity index (χ2n) is 3.92. The van der Waals surface area contributed by atoms with E-state index in [-0.39, 0.29) is 4.90 Å². The number of rotatable bonds is 4. The molecule has 0 aliphatic rings. The van der Waals surface area contributed by atoms with Crippen molar-refractivity contribution in [3.8, 4) is 6.07 Å². The highest BCUT2D eigenvalue weighted by Crippen LogP contribution is 2.18. The summed E-state index contributed by atoms with van der Waals surface area (Å²) in [7, 11) is -2.06. The van der Waals surface area contributed by atoms with Gasteiger partial charge in [0.05, 0.1) is 22.2 Å². The number of benzene rings is 1. The number of sulfonamides is 1. The third-order valence-corrected chi connectivity index (χ3v) is 3.92. The Kier molecular flexibility index (Phi) is 3.86. The highest BCUT2D eigenvalue weighted by molar-refractivity contribution is 7.92. The third kappa shape index (κ3) is 3.05. The fourth-order valence-corrected chi connectivity index (χ4v) is 2.64. The Morgan fingerprint density at radius 2 is 2.05 bits per heavy atom. The maximum atomic E-state index is 12.2. The van der Waals surface area contributed by atoms with E-state index < -0.39 is 10.0 Å². The highest BCUT2D eigenvalue weighted by atomic mass is 32.2. The summed E-state index contributed by atoms with van der Waals surface area (Å²) in [4.78, 5) is 4.06. The van der Waals surface area contributed by atoms with Crippen LogP contribution in [0.15, 0.2) is 47.5 Å². The van der Waals surface area contributed by atoms with Gasteiger partial charge in [0, 0.05) is 19.3 Å². The largest absolute Gasteiger partial charge is 0.373 e. The average Bonchev–Trinajstić information content (AvgIpc) is 2.47. The van der Waals surface area contributed by atoms with Gasteiger partial charge in [-0.15, -0.1) is 0 Å². The number of nitrogens with zero attached hydrogens (tertiary/aromatic N) is 2. The van der Waals surface area contributed by atoms with Crippen LogP contribution < -0.4 is 10.0 Å². The Bertz CT molecular complexity index is 766. The van der Waals surface area contributed by atoms with E-state index in [0.29, 0.717) is 17.1 Å². The molecule has 0 spiro atoms. The van der Waals surface area contributed by atoms with E-state index >= 15 is 0 Å². The summed E-state index contributed by atoms with van der Waals surface area (Å²) in [6, 6.07) is 11.0. The van der Waals surface area contributed by atoms with Crippen LogP contribution in [0.3, 0.4) is 0 Å². The van der Waals surface area contributed by atoms with E-state index in [1.807, 2.05) is 6.07 Å². The van der Waals surface area contributed by atoms with Crippen LogP contribution in [0.1, 0.15) is 5.56 Å². The van der Waals surface area contributed by atoms with Gasteiger partial charge in [0.2, 0.25) is 0 Å². The Morgan fingerprint density at radius 3 is 2.75 bits per heavy atom. The molecule has 20 heavy (non-hydrogen) atoms. The molecular formula is C13H12N4O2S. The summed E-state index contributed by atoms with van der Waals surface area (Å²) in [5.41, 5.74) is 0.725. The first kappa shape index (κ1) is 13.8. The number of aromatic nitrogens is 1. The minimum Gasteiger partial charge on any atom is -0.373 e. The number of anilines is 2. The molecule has 0 saturated heterocycles. The van der Waals surface area contributed by atoms with Gasteiger partial charge < -0.3 is 5.32 Å². The van der Waals surface area contributed by atoms with Crippen molar-refractivity contribution in [1.82, 2.24) is 4.98 Å². The van der Waals surface area contributed by atoms with Crippen molar-refractivity contribution >= 4 is 21.5 Å². The van der Waals surface area contributed by atoms with Gasteiger partial charge in [0.25, 0.3) is 10.0 Å². The smallest absolute Gasteiger partial charge is 0.262 e. The summed E-state index contributed by atoms with van der Waals surface area (Å²) in [5, 5.41) is 11.6. The van der Waals surface area contributed by atoms with Crippen LogP contribution in [0.25, 0.3) is 0 Å². The molecule has 0 unspecified atom stereocenters. The van der Waals surface area contributed by atoms with Gasteiger partial charge >= 0.3 is 0 Å². The van der Waals surface area contributed by atoms with Crippen molar-refractivity contribution < 1.29 is 8.42 Å².